The van der Waals surface area contributed by atoms with Crippen molar-refractivity contribution in [2.45, 2.75) is 6.54 Å². The smallest absolute Gasteiger partial charge is 0.203 e. The number of aromatic nitrogens is 2. The second-order valence-electron chi connectivity index (χ2n) is 5.92. The van der Waals surface area contributed by atoms with Gasteiger partial charge in [-0.2, -0.15) is 0 Å². The number of nitrogens with zero attached hydrogens (tertiary/aromatic N) is 2. The Balaban J connectivity index is 1.67. The van der Waals surface area contributed by atoms with E-state index in [0.717, 1.165) is 27.2 Å². The molecule has 6 nitrogen and oxygen atoms in total. The van der Waals surface area contributed by atoms with E-state index >= 15 is 0 Å². The first kappa shape index (κ1) is 18.5. The van der Waals surface area contributed by atoms with Gasteiger partial charge in [-0.3, -0.25) is 0 Å². The van der Waals surface area contributed by atoms with E-state index in [1.54, 1.807) is 50.3 Å². The van der Waals surface area contributed by atoms with Crippen LogP contribution >= 0.6 is 22.7 Å². The molecule has 4 rings (SSSR count). The van der Waals surface area contributed by atoms with Gasteiger partial charge >= 0.3 is 0 Å². The number of anilines is 1. The zero-order valence-electron chi connectivity index (χ0n) is 15.7. The Bertz CT molecular complexity index is 1070. The van der Waals surface area contributed by atoms with Gasteiger partial charge in [0.1, 0.15) is 17.0 Å². The Labute approximate surface area is 170 Å². The molecular weight excluding hydrogens is 394 g/mol. The molecule has 0 aliphatic heterocycles. The van der Waals surface area contributed by atoms with Gasteiger partial charge in [-0.25, -0.2) is 9.97 Å². The molecule has 0 atom stereocenters. The standard InChI is InChI=1S/C20H19N3O3S2/c1-24-14-7-12(8-15(25-2)18(14)26-3)9-21-19-17-13(16-5-4-6-27-16)10-28-20(17)23-11-22-19/h4-8,10-11H,9H2,1-3H3,(H,21,22,23). The molecule has 0 spiro atoms. The summed E-state index contributed by atoms with van der Waals surface area (Å²) >= 11 is 3.33. The molecule has 0 saturated heterocycles. The van der Waals surface area contributed by atoms with Crippen molar-refractivity contribution in [2.75, 3.05) is 26.6 Å². The van der Waals surface area contributed by atoms with Gasteiger partial charge in [-0.15, -0.1) is 22.7 Å². The Morgan fingerprint density at radius 1 is 1.00 bits per heavy atom. The lowest BCUT2D eigenvalue weighted by Crippen LogP contribution is -2.04. The topological polar surface area (TPSA) is 65.5 Å². The quantitative estimate of drug-likeness (QED) is 0.457. The summed E-state index contributed by atoms with van der Waals surface area (Å²) < 4.78 is 16.3. The maximum absolute atomic E-state index is 5.44. The lowest BCUT2D eigenvalue weighted by molar-refractivity contribution is 0.324. The number of methoxy groups -OCH3 is 3. The van der Waals surface area contributed by atoms with Crippen molar-refractivity contribution < 1.29 is 14.2 Å². The van der Waals surface area contributed by atoms with Gasteiger partial charge in [0.25, 0.3) is 0 Å². The van der Waals surface area contributed by atoms with Crippen LogP contribution in [0.3, 0.4) is 0 Å². The van der Waals surface area contributed by atoms with Gasteiger partial charge in [0.2, 0.25) is 5.75 Å². The average molecular weight is 414 g/mol. The summed E-state index contributed by atoms with van der Waals surface area (Å²) in [7, 11) is 4.82. The van der Waals surface area contributed by atoms with Crippen LogP contribution < -0.4 is 19.5 Å². The molecule has 1 aromatic carbocycles. The van der Waals surface area contributed by atoms with Crippen LogP contribution in [0.2, 0.25) is 0 Å². The summed E-state index contributed by atoms with van der Waals surface area (Å²) in [5.41, 5.74) is 2.15. The highest BCUT2D eigenvalue weighted by molar-refractivity contribution is 7.18. The van der Waals surface area contributed by atoms with Gasteiger partial charge in [0.15, 0.2) is 11.5 Å². The van der Waals surface area contributed by atoms with Crippen molar-refractivity contribution in [1.82, 2.24) is 9.97 Å². The Hall–Kier alpha value is -2.84. The summed E-state index contributed by atoms with van der Waals surface area (Å²) in [5, 5.41) is 8.69. The van der Waals surface area contributed by atoms with Gasteiger partial charge < -0.3 is 19.5 Å². The number of ether oxygens (including phenoxy) is 3. The zero-order chi connectivity index (χ0) is 19.5. The third kappa shape index (κ3) is 3.36. The maximum Gasteiger partial charge on any atom is 0.203 e. The lowest BCUT2D eigenvalue weighted by Gasteiger charge is -2.15. The van der Waals surface area contributed by atoms with E-state index in [2.05, 4.69) is 38.2 Å². The van der Waals surface area contributed by atoms with Crippen molar-refractivity contribution in [3.05, 3.63) is 46.9 Å². The first-order chi connectivity index (χ1) is 13.7. The summed E-state index contributed by atoms with van der Waals surface area (Å²) in [5.74, 6) is 2.64. The predicted octanol–water partition coefficient (Wildman–Crippen LogP) is 5.06. The summed E-state index contributed by atoms with van der Waals surface area (Å²) in [6.07, 6.45) is 1.59. The van der Waals surface area contributed by atoms with Crippen LogP contribution in [0.25, 0.3) is 20.7 Å². The van der Waals surface area contributed by atoms with Crippen LogP contribution in [0.4, 0.5) is 5.82 Å². The largest absolute Gasteiger partial charge is 0.493 e. The molecule has 0 saturated carbocycles. The SMILES string of the molecule is COc1cc(CNc2ncnc3scc(-c4cccs4)c23)cc(OC)c1OC. The number of nitrogens with one attached hydrogen (secondary N) is 1. The zero-order valence-corrected chi connectivity index (χ0v) is 17.3. The van der Waals surface area contributed by atoms with Gasteiger partial charge in [-0.05, 0) is 29.1 Å². The number of benzene rings is 1. The summed E-state index contributed by atoms with van der Waals surface area (Å²) in [6.45, 7) is 0.558. The van der Waals surface area contributed by atoms with E-state index in [1.807, 2.05) is 12.1 Å². The van der Waals surface area contributed by atoms with Crippen molar-refractivity contribution >= 4 is 38.7 Å². The minimum atomic E-state index is 0.558. The van der Waals surface area contributed by atoms with E-state index in [0.29, 0.717) is 23.8 Å². The maximum atomic E-state index is 5.44. The highest BCUT2D eigenvalue weighted by Gasteiger charge is 2.16. The van der Waals surface area contributed by atoms with Crippen molar-refractivity contribution in [3.63, 3.8) is 0 Å². The van der Waals surface area contributed by atoms with Crippen LogP contribution in [0.15, 0.2) is 41.4 Å². The van der Waals surface area contributed by atoms with Crippen molar-refractivity contribution in [2.24, 2.45) is 0 Å². The van der Waals surface area contributed by atoms with Crippen LogP contribution in [0.5, 0.6) is 17.2 Å². The predicted molar refractivity (Wildman–Crippen MR) is 114 cm³/mol. The van der Waals surface area contributed by atoms with Crippen LogP contribution in [0.1, 0.15) is 5.56 Å². The van der Waals surface area contributed by atoms with Gasteiger partial charge in [0.05, 0.1) is 26.7 Å². The lowest BCUT2D eigenvalue weighted by atomic mass is 10.1. The molecule has 1 N–H and O–H groups in total. The number of thiophene rings is 2. The Morgan fingerprint density at radius 3 is 2.43 bits per heavy atom. The second-order valence-corrected chi connectivity index (χ2v) is 7.72. The molecule has 0 fully saturated rings. The number of fused-ring (bicyclic) bond motifs is 1. The normalized spacial score (nSPS) is 10.8. The summed E-state index contributed by atoms with van der Waals surface area (Å²) in [4.78, 5) is 11.1. The highest BCUT2D eigenvalue weighted by Crippen LogP contribution is 2.40. The first-order valence-corrected chi connectivity index (χ1v) is 10.3. The van der Waals surface area contributed by atoms with E-state index < -0.39 is 0 Å². The second kappa shape index (κ2) is 8.04. The molecule has 0 bridgehead atoms. The fourth-order valence-electron chi connectivity index (χ4n) is 3.05. The molecule has 0 amide bonds. The molecule has 0 radical (unpaired) electrons. The van der Waals surface area contributed by atoms with E-state index in [4.69, 9.17) is 14.2 Å². The fraction of sp³-hybridized carbons (Fsp3) is 0.200. The van der Waals surface area contributed by atoms with Crippen LogP contribution in [-0.2, 0) is 6.54 Å². The number of rotatable bonds is 7. The van der Waals surface area contributed by atoms with Crippen molar-refractivity contribution in [1.29, 1.82) is 0 Å². The molecule has 0 aliphatic rings. The molecule has 0 aliphatic carbocycles. The van der Waals surface area contributed by atoms with Crippen molar-refractivity contribution in [3.8, 4) is 27.7 Å². The third-order valence-electron chi connectivity index (χ3n) is 4.34. The Morgan fingerprint density at radius 2 is 1.79 bits per heavy atom. The van der Waals surface area contributed by atoms with Gasteiger partial charge in [0, 0.05) is 22.4 Å². The van der Waals surface area contributed by atoms with E-state index in [9.17, 15) is 0 Å². The molecule has 3 aromatic heterocycles. The highest BCUT2D eigenvalue weighted by atomic mass is 32.1. The molecular formula is C20H19N3O3S2. The molecule has 144 valence electrons. The summed E-state index contributed by atoms with van der Waals surface area (Å²) in [6, 6.07) is 8.03. The van der Waals surface area contributed by atoms with Crippen LogP contribution in [-0.4, -0.2) is 31.3 Å². The van der Waals surface area contributed by atoms with Gasteiger partial charge in [-0.1, -0.05) is 6.07 Å². The van der Waals surface area contributed by atoms with Crippen LogP contribution in [0, 0.1) is 0 Å². The van der Waals surface area contributed by atoms with E-state index in [-0.39, 0.29) is 0 Å². The third-order valence-corrected chi connectivity index (χ3v) is 6.13. The first-order valence-electron chi connectivity index (χ1n) is 8.54. The minimum absolute atomic E-state index is 0.558. The molecule has 3 heterocycles. The monoisotopic (exact) mass is 413 g/mol. The Kier molecular flexibility index (Phi) is 5.31. The van der Waals surface area contributed by atoms with E-state index in [1.165, 1.54) is 4.88 Å². The molecule has 4 aromatic rings. The fourth-order valence-corrected chi connectivity index (χ4v) is 4.78. The minimum Gasteiger partial charge on any atom is -0.493 e. The average Bonchev–Trinajstić information content (AvgIpc) is 3.40. The number of hydrogen-bond acceptors (Lipinski definition) is 8. The molecule has 0 unspecified atom stereocenters. The number of hydrogen-bond donors (Lipinski definition) is 1. The molecule has 28 heavy (non-hydrogen) atoms. The molecule has 8 heteroatoms.